The van der Waals surface area contributed by atoms with Crippen molar-refractivity contribution in [2.45, 2.75) is 6.92 Å². The number of amides is 2. The molecule has 0 bridgehead atoms. The lowest BCUT2D eigenvalue weighted by Gasteiger charge is -2.19. The normalized spacial score (nSPS) is 9.95. The van der Waals surface area contributed by atoms with Crippen LogP contribution in [0.3, 0.4) is 0 Å². The minimum atomic E-state index is -0.762. The number of aromatic nitrogens is 3. The molecule has 7 heteroatoms. The quantitative estimate of drug-likeness (QED) is 0.797. The van der Waals surface area contributed by atoms with Crippen molar-refractivity contribution in [3.05, 3.63) is 36.7 Å². The van der Waals surface area contributed by atoms with Gasteiger partial charge in [-0.3, -0.25) is 14.9 Å². The number of hydrogen-bond donors (Lipinski definition) is 2. The molecule has 2 rings (SSSR count). The first-order valence-corrected chi connectivity index (χ1v) is 5.75. The summed E-state index contributed by atoms with van der Waals surface area (Å²) in [7, 11) is 0. The van der Waals surface area contributed by atoms with Crippen LogP contribution in [0.1, 0.15) is 6.92 Å². The zero-order valence-electron chi connectivity index (χ0n) is 10.3. The van der Waals surface area contributed by atoms with Crippen LogP contribution in [0.4, 0.5) is 11.6 Å². The number of likely N-dealkylation sites (N-methyl/N-ethyl adjacent to an activating group) is 1. The predicted octanol–water partition coefficient (Wildman–Crippen LogP) is 0.796. The summed E-state index contributed by atoms with van der Waals surface area (Å²) in [6, 6.07) is 8.99. The number of aromatic amines is 1. The van der Waals surface area contributed by atoms with Crippen molar-refractivity contribution in [3.63, 3.8) is 0 Å². The highest BCUT2D eigenvalue weighted by Gasteiger charge is 2.22. The van der Waals surface area contributed by atoms with E-state index in [0.29, 0.717) is 12.2 Å². The minimum absolute atomic E-state index is 0.141. The lowest BCUT2D eigenvalue weighted by molar-refractivity contribution is -0.134. The van der Waals surface area contributed by atoms with E-state index >= 15 is 0 Å². The monoisotopic (exact) mass is 259 g/mol. The highest BCUT2D eigenvalue weighted by molar-refractivity contribution is 6.44. The second-order valence-corrected chi connectivity index (χ2v) is 3.67. The van der Waals surface area contributed by atoms with Gasteiger partial charge in [0.05, 0.1) is 0 Å². The summed E-state index contributed by atoms with van der Waals surface area (Å²) in [5.74, 6) is -1.27. The molecule has 0 atom stereocenters. The van der Waals surface area contributed by atoms with Crippen LogP contribution < -0.4 is 10.2 Å². The van der Waals surface area contributed by atoms with Gasteiger partial charge >= 0.3 is 11.8 Å². The van der Waals surface area contributed by atoms with Gasteiger partial charge in [0.2, 0.25) is 5.95 Å². The van der Waals surface area contributed by atoms with Gasteiger partial charge in [-0.05, 0) is 19.1 Å². The van der Waals surface area contributed by atoms with Crippen LogP contribution in [0.25, 0.3) is 0 Å². The van der Waals surface area contributed by atoms with Gasteiger partial charge in [0.15, 0.2) is 0 Å². The van der Waals surface area contributed by atoms with Crippen molar-refractivity contribution < 1.29 is 9.59 Å². The number of hydrogen-bond acceptors (Lipinski definition) is 4. The smallest absolute Gasteiger partial charge is 0.304 e. The molecule has 7 nitrogen and oxygen atoms in total. The first-order valence-electron chi connectivity index (χ1n) is 5.75. The Bertz CT molecular complexity index is 553. The van der Waals surface area contributed by atoms with Gasteiger partial charge in [-0.1, -0.05) is 18.2 Å². The van der Waals surface area contributed by atoms with Gasteiger partial charge in [-0.25, -0.2) is 5.10 Å². The van der Waals surface area contributed by atoms with E-state index < -0.39 is 11.8 Å². The van der Waals surface area contributed by atoms with Crippen molar-refractivity contribution in [3.8, 4) is 0 Å². The Hall–Kier alpha value is -2.70. The molecule has 0 aliphatic rings. The van der Waals surface area contributed by atoms with Crippen LogP contribution in [0, 0.1) is 0 Å². The Kier molecular flexibility index (Phi) is 3.87. The Morgan fingerprint density at radius 1 is 1.32 bits per heavy atom. The van der Waals surface area contributed by atoms with E-state index in [-0.39, 0.29) is 5.95 Å². The van der Waals surface area contributed by atoms with Crippen molar-refractivity contribution >= 4 is 23.5 Å². The molecule has 0 aliphatic heterocycles. The van der Waals surface area contributed by atoms with Crippen LogP contribution in [-0.2, 0) is 9.59 Å². The molecule has 0 unspecified atom stereocenters. The molecule has 2 aromatic rings. The number of para-hydroxylation sites is 1. The van der Waals surface area contributed by atoms with Crippen LogP contribution in [-0.4, -0.2) is 33.5 Å². The number of nitrogens with one attached hydrogen (secondary N) is 2. The highest BCUT2D eigenvalue weighted by Crippen LogP contribution is 2.13. The van der Waals surface area contributed by atoms with Gasteiger partial charge in [-0.2, -0.15) is 10.1 Å². The van der Waals surface area contributed by atoms with Gasteiger partial charge < -0.3 is 4.90 Å². The number of benzene rings is 1. The average molecular weight is 259 g/mol. The molecule has 0 radical (unpaired) electrons. The summed E-state index contributed by atoms with van der Waals surface area (Å²) in [6.45, 7) is 2.19. The second kappa shape index (κ2) is 5.76. The summed E-state index contributed by atoms with van der Waals surface area (Å²) in [4.78, 5) is 29.0. The molecule has 2 N–H and O–H groups in total. The number of nitrogens with zero attached hydrogens (tertiary/aromatic N) is 3. The third-order valence-electron chi connectivity index (χ3n) is 2.47. The minimum Gasteiger partial charge on any atom is -0.304 e. The Labute approximate surface area is 109 Å². The van der Waals surface area contributed by atoms with Gasteiger partial charge in [0, 0.05) is 12.2 Å². The van der Waals surface area contributed by atoms with Crippen LogP contribution in [0.5, 0.6) is 0 Å². The maximum Gasteiger partial charge on any atom is 0.316 e. The van der Waals surface area contributed by atoms with Gasteiger partial charge in [0.1, 0.15) is 6.33 Å². The first-order chi connectivity index (χ1) is 9.22. The summed E-state index contributed by atoms with van der Waals surface area (Å²) in [5, 5.41) is 8.38. The van der Waals surface area contributed by atoms with Crippen LogP contribution in [0.2, 0.25) is 0 Å². The van der Waals surface area contributed by atoms with Crippen molar-refractivity contribution in [2.75, 3.05) is 16.8 Å². The predicted molar refractivity (Wildman–Crippen MR) is 69.5 cm³/mol. The van der Waals surface area contributed by atoms with Crippen molar-refractivity contribution in [1.29, 1.82) is 0 Å². The zero-order chi connectivity index (χ0) is 13.7. The molecule has 1 aromatic carbocycles. The molecule has 0 fully saturated rings. The number of carbonyl (C=O) groups excluding carboxylic acids is 2. The van der Waals surface area contributed by atoms with E-state index in [1.165, 1.54) is 11.2 Å². The van der Waals surface area contributed by atoms with Crippen LogP contribution >= 0.6 is 0 Å². The molecule has 0 aliphatic carbocycles. The largest absolute Gasteiger partial charge is 0.316 e. The maximum atomic E-state index is 12.1. The Morgan fingerprint density at radius 2 is 2.05 bits per heavy atom. The van der Waals surface area contributed by atoms with E-state index in [0.717, 1.165) is 0 Å². The van der Waals surface area contributed by atoms with E-state index in [1.807, 2.05) is 6.07 Å². The number of anilines is 2. The fraction of sp³-hybridized carbons (Fsp3) is 0.167. The summed E-state index contributed by atoms with van der Waals surface area (Å²) >= 11 is 0. The molecule has 0 saturated carbocycles. The molecule has 1 heterocycles. The molecule has 2 amide bonds. The topological polar surface area (TPSA) is 91.0 Å². The summed E-state index contributed by atoms with van der Waals surface area (Å²) in [6.07, 6.45) is 1.24. The van der Waals surface area contributed by atoms with Gasteiger partial charge in [-0.15, -0.1) is 0 Å². The van der Waals surface area contributed by atoms with Crippen LogP contribution in [0.15, 0.2) is 36.7 Å². The lowest BCUT2D eigenvalue weighted by Crippen LogP contribution is -2.39. The molecule has 0 spiro atoms. The SMILES string of the molecule is CCN(C(=O)C(=O)Nc1ncn[nH]1)c1ccccc1. The second-order valence-electron chi connectivity index (χ2n) is 3.67. The number of carbonyl (C=O) groups is 2. The summed E-state index contributed by atoms with van der Waals surface area (Å²) < 4.78 is 0. The first kappa shape index (κ1) is 12.7. The van der Waals surface area contributed by atoms with E-state index in [1.54, 1.807) is 31.2 Å². The maximum absolute atomic E-state index is 12.1. The lowest BCUT2D eigenvalue weighted by atomic mass is 10.3. The van der Waals surface area contributed by atoms with E-state index in [9.17, 15) is 9.59 Å². The van der Waals surface area contributed by atoms with E-state index in [4.69, 9.17) is 0 Å². The van der Waals surface area contributed by atoms with E-state index in [2.05, 4.69) is 20.5 Å². The zero-order valence-corrected chi connectivity index (χ0v) is 10.3. The highest BCUT2D eigenvalue weighted by atomic mass is 16.2. The molecular weight excluding hydrogens is 246 g/mol. The molecule has 1 aromatic heterocycles. The summed E-state index contributed by atoms with van der Waals surface area (Å²) in [5.41, 5.74) is 0.669. The fourth-order valence-corrected chi connectivity index (χ4v) is 1.60. The van der Waals surface area contributed by atoms with Gasteiger partial charge in [0.25, 0.3) is 0 Å². The average Bonchev–Trinajstić information content (AvgIpc) is 2.93. The molecule has 0 saturated heterocycles. The van der Waals surface area contributed by atoms with Crippen molar-refractivity contribution in [1.82, 2.24) is 15.2 Å². The Morgan fingerprint density at radius 3 is 2.63 bits per heavy atom. The molecule has 98 valence electrons. The molecular formula is C12H13N5O2. The third-order valence-corrected chi connectivity index (χ3v) is 2.47. The van der Waals surface area contributed by atoms with Crippen molar-refractivity contribution in [2.24, 2.45) is 0 Å². The number of H-pyrrole nitrogens is 1. The third kappa shape index (κ3) is 2.95. The fourth-order valence-electron chi connectivity index (χ4n) is 1.60. The molecule has 19 heavy (non-hydrogen) atoms. The Balaban J connectivity index is 2.11. The standard InChI is InChI=1S/C12H13N5O2/c1-2-17(9-6-4-3-5-7-9)11(19)10(18)15-12-13-8-14-16-12/h3-8H,2H2,1H3,(H2,13,14,15,16,18). The number of rotatable bonds is 3.